The number of nitrogens with one attached hydrogen (secondary N) is 1. The normalized spacial score (nSPS) is 11.2. The molecule has 188 valence electrons. The highest BCUT2D eigenvalue weighted by atomic mass is 16.5. The van der Waals surface area contributed by atoms with Crippen LogP contribution in [0.4, 0.5) is 11.4 Å². The first-order chi connectivity index (χ1) is 17.9. The number of carbonyl (C=O) groups excluding carboxylic acids is 1. The Bertz CT molecular complexity index is 1620. The Labute approximate surface area is 216 Å². The summed E-state index contributed by atoms with van der Waals surface area (Å²) in [5.74, 6) is 0.296. The Hall–Kier alpha value is -4.39. The van der Waals surface area contributed by atoms with Crippen LogP contribution in [0, 0.1) is 13.8 Å². The zero-order chi connectivity index (χ0) is 26.1. The first-order valence-electron chi connectivity index (χ1n) is 12.5. The monoisotopic (exact) mass is 493 g/mol. The van der Waals surface area contributed by atoms with Gasteiger partial charge in [-0.3, -0.25) is 4.79 Å². The number of benzene rings is 4. The molecule has 1 amide bonds. The van der Waals surface area contributed by atoms with E-state index in [4.69, 9.17) is 14.9 Å². The van der Waals surface area contributed by atoms with Gasteiger partial charge in [0, 0.05) is 24.5 Å². The molecule has 7 nitrogen and oxygen atoms in total. The fourth-order valence-corrected chi connectivity index (χ4v) is 4.72. The lowest BCUT2D eigenvalue weighted by Gasteiger charge is -2.22. The Morgan fingerprint density at radius 2 is 1.57 bits per heavy atom. The van der Waals surface area contributed by atoms with Gasteiger partial charge in [-0.2, -0.15) is 4.80 Å². The number of carbonyl (C=O) groups is 1. The molecule has 0 unspecified atom stereocenters. The van der Waals surface area contributed by atoms with E-state index in [1.165, 1.54) is 5.69 Å². The number of rotatable bonds is 7. The van der Waals surface area contributed by atoms with Gasteiger partial charge in [-0.1, -0.05) is 24.3 Å². The van der Waals surface area contributed by atoms with Crippen molar-refractivity contribution in [1.82, 2.24) is 15.0 Å². The molecule has 0 aliphatic rings. The number of fused-ring (bicyclic) bond motifs is 2. The van der Waals surface area contributed by atoms with Gasteiger partial charge in [-0.05, 0) is 92.1 Å². The maximum atomic E-state index is 13.3. The van der Waals surface area contributed by atoms with E-state index in [1.807, 2.05) is 55.5 Å². The minimum Gasteiger partial charge on any atom is -0.496 e. The van der Waals surface area contributed by atoms with Crippen molar-refractivity contribution in [1.29, 1.82) is 0 Å². The van der Waals surface area contributed by atoms with Gasteiger partial charge in [0.2, 0.25) is 0 Å². The Kier molecular flexibility index (Phi) is 6.53. The number of aromatic nitrogens is 3. The average Bonchev–Trinajstić information content (AvgIpc) is 3.31. The second kappa shape index (κ2) is 9.93. The molecule has 0 bridgehead atoms. The van der Waals surface area contributed by atoms with Crippen molar-refractivity contribution in [3.8, 4) is 11.4 Å². The molecular weight excluding hydrogens is 462 g/mol. The zero-order valence-electron chi connectivity index (χ0n) is 21.9. The Balaban J connectivity index is 1.46. The van der Waals surface area contributed by atoms with E-state index in [9.17, 15) is 4.79 Å². The van der Waals surface area contributed by atoms with Gasteiger partial charge in [0.1, 0.15) is 16.8 Å². The molecule has 0 fully saturated rings. The number of anilines is 2. The first kappa shape index (κ1) is 24.3. The molecule has 7 heteroatoms. The van der Waals surface area contributed by atoms with Crippen LogP contribution in [0.15, 0.2) is 66.7 Å². The Morgan fingerprint density at radius 1 is 0.892 bits per heavy atom. The lowest BCUT2D eigenvalue weighted by molar-refractivity contribution is 0.102. The number of hydrogen-bond acceptors (Lipinski definition) is 5. The third kappa shape index (κ3) is 4.60. The molecule has 0 atom stereocenters. The molecule has 4 aromatic carbocycles. The summed E-state index contributed by atoms with van der Waals surface area (Å²) < 4.78 is 5.52. The van der Waals surface area contributed by atoms with E-state index >= 15 is 0 Å². The van der Waals surface area contributed by atoms with Crippen molar-refractivity contribution in [3.63, 3.8) is 0 Å². The van der Waals surface area contributed by atoms with Crippen molar-refractivity contribution in [2.75, 3.05) is 30.4 Å². The molecular formula is C30H31N5O2. The van der Waals surface area contributed by atoms with Crippen molar-refractivity contribution in [2.24, 2.45) is 0 Å². The fourth-order valence-electron chi connectivity index (χ4n) is 4.72. The van der Waals surface area contributed by atoms with Gasteiger partial charge in [0.05, 0.1) is 18.4 Å². The van der Waals surface area contributed by atoms with Crippen LogP contribution in [-0.2, 0) is 0 Å². The second-order valence-corrected chi connectivity index (χ2v) is 9.14. The van der Waals surface area contributed by atoms with Crippen LogP contribution in [0.1, 0.15) is 35.3 Å². The number of aryl methyl sites for hydroxylation is 2. The van der Waals surface area contributed by atoms with Crippen molar-refractivity contribution in [2.45, 2.75) is 27.7 Å². The van der Waals surface area contributed by atoms with Gasteiger partial charge >= 0.3 is 0 Å². The predicted molar refractivity (Wildman–Crippen MR) is 150 cm³/mol. The van der Waals surface area contributed by atoms with Gasteiger partial charge in [0.25, 0.3) is 5.91 Å². The molecule has 37 heavy (non-hydrogen) atoms. The number of hydrogen-bond donors (Lipinski definition) is 1. The number of methoxy groups -OCH3 is 1. The quantitative estimate of drug-likeness (QED) is 0.288. The number of ether oxygens (including phenoxy) is 1. The average molecular weight is 494 g/mol. The van der Waals surface area contributed by atoms with E-state index in [-0.39, 0.29) is 5.91 Å². The Morgan fingerprint density at radius 3 is 2.22 bits per heavy atom. The largest absolute Gasteiger partial charge is 0.496 e. The zero-order valence-corrected chi connectivity index (χ0v) is 21.9. The van der Waals surface area contributed by atoms with E-state index in [0.29, 0.717) is 22.5 Å². The molecule has 0 saturated heterocycles. The molecule has 1 aromatic heterocycles. The third-order valence-electron chi connectivity index (χ3n) is 6.81. The van der Waals surface area contributed by atoms with Gasteiger partial charge in [-0.25, -0.2) is 0 Å². The summed E-state index contributed by atoms with van der Waals surface area (Å²) in [7, 11) is 1.58. The molecule has 0 saturated carbocycles. The van der Waals surface area contributed by atoms with E-state index in [2.05, 4.69) is 49.2 Å². The topological polar surface area (TPSA) is 72.3 Å². The van der Waals surface area contributed by atoms with Crippen LogP contribution in [0.5, 0.6) is 5.75 Å². The number of amides is 1. The molecule has 5 aromatic rings. The summed E-state index contributed by atoms with van der Waals surface area (Å²) in [4.78, 5) is 17.3. The highest BCUT2D eigenvalue weighted by Gasteiger charge is 2.17. The SMILES string of the molecule is CCN(CC)c1ccc(-n2nc3cc(C)c(NC(=O)c4cc5ccccc5cc4OC)cc3n2)c(C)c1. The highest BCUT2D eigenvalue weighted by Crippen LogP contribution is 2.29. The summed E-state index contributed by atoms with van der Waals surface area (Å²) in [5, 5.41) is 14.5. The van der Waals surface area contributed by atoms with Crippen LogP contribution in [0.3, 0.4) is 0 Å². The van der Waals surface area contributed by atoms with Gasteiger partial charge < -0.3 is 15.0 Å². The highest BCUT2D eigenvalue weighted by molar-refractivity contribution is 6.09. The summed E-state index contributed by atoms with van der Waals surface area (Å²) >= 11 is 0. The van der Waals surface area contributed by atoms with Crippen LogP contribution in [-0.4, -0.2) is 41.1 Å². The van der Waals surface area contributed by atoms with Crippen LogP contribution >= 0.6 is 0 Å². The molecule has 0 radical (unpaired) electrons. The molecule has 5 rings (SSSR count). The van der Waals surface area contributed by atoms with Gasteiger partial charge in [-0.15, -0.1) is 10.2 Å². The molecule has 0 spiro atoms. The van der Waals surface area contributed by atoms with Crippen molar-refractivity contribution in [3.05, 3.63) is 83.4 Å². The second-order valence-electron chi connectivity index (χ2n) is 9.14. The first-order valence-corrected chi connectivity index (χ1v) is 12.5. The summed E-state index contributed by atoms with van der Waals surface area (Å²) in [6.07, 6.45) is 0. The smallest absolute Gasteiger partial charge is 0.259 e. The molecule has 0 aliphatic heterocycles. The van der Waals surface area contributed by atoms with E-state index in [1.54, 1.807) is 11.9 Å². The maximum Gasteiger partial charge on any atom is 0.259 e. The summed E-state index contributed by atoms with van der Waals surface area (Å²) in [5.41, 5.74) is 6.76. The summed E-state index contributed by atoms with van der Waals surface area (Å²) in [6, 6.07) is 21.8. The van der Waals surface area contributed by atoms with Crippen LogP contribution in [0.2, 0.25) is 0 Å². The lowest BCUT2D eigenvalue weighted by atomic mass is 10.0. The van der Waals surface area contributed by atoms with Crippen molar-refractivity contribution >= 4 is 39.1 Å². The fraction of sp³-hybridized carbons (Fsp3) is 0.233. The third-order valence-corrected chi connectivity index (χ3v) is 6.81. The minimum atomic E-state index is -0.236. The predicted octanol–water partition coefficient (Wildman–Crippen LogP) is 6.30. The molecule has 1 N–H and O–H groups in total. The van der Waals surface area contributed by atoms with Crippen LogP contribution in [0.25, 0.3) is 27.5 Å². The minimum absolute atomic E-state index is 0.236. The van der Waals surface area contributed by atoms with Crippen molar-refractivity contribution < 1.29 is 9.53 Å². The summed E-state index contributed by atoms with van der Waals surface area (Å²) in [6.45, 7) is 10.3. The van der Waals surface area contributed by atoms with E-state index in [0.717, 1.165) is 46.2 Å². The van der Waals surface area contributed by atoms with Gasteiger partial charge in [0.15, 0.2) is 0 Å². The number of nitrogens with zero attached hydrogens (tertiary/aromatic N) is 4. The van der Waals surface area contributed by atoms with Crippen LogP contribution < -0.4 is 15.0 Å². The molecule has 1 heterocycles. The lowest BCUT2D eigenvalue weighted by Crippen LogP contribution is -2.21. The maximum absolute atomic E-state index is 13.3. The standard InChI is InChI=1S/C30H31N5O2/c1-6-34(7-2)23-12-13-28(20(4)14-23)35-32-26-15-19(3)25(18-27(26)33-35)31-30(36)24-16-21-10-8-9-11-22(21)17-29(24)37-5/h8-18H,6-7H2,1-5H3,(H,31,36). The van der Waals surface area contributed by atoms with E-state index < -0.39 is 0 Å². The molecule has 0 aliphatic carbocycles.